The molecule has 0 heterocycles. The Balaban J connectivity index is 1.84. The molecule has 0 bridgehead atoms. The SMILES string of the molecule is CC(C)Oc1cccc(N(CC2CC2)C2CC2)c1N. The topological polar surface area (TPSA) is 38.5 Å². The number of nitrogens with two attached hydrogens (primary N) is 1. The van der Waals surface area contributed by atoms with Crippen LogP contribution in [-0.4, -0.2) is 18.7 Å². The van der Waals surface area contributed by atoms with E-state index >= 15 is 0 Å². The fourth-order valence-electron chi connectivity index (χ4n) is 2.55. The van der Waals surface area contributed by atoms with E-state index in [1.54, 1.807) is 0 Å². The van der Waals surface area contributed by atoms with Gasteiger partial charge in [-0.1, -0.05) is 6.07 Å². The van der Waals surface area contributed by atoms with Gasteiger partial charge in [-0.3, -0.25) is 0 Å². The van der Waals surface area contributed by atoms with Gasteiger partial charge in [0.1, 0.15) is 5.75 Å². The Kier molecular flexibility index (Phi) is 3.29. The van der Waals surface area contributed by atoms with Crippen LogP contribution in [0.25, 0.3) is 0 Å². The molecule has 0 saturated heterocycles. The van der Waals surface area contributed by atoms with Crippen molar-refractivity contribution in [3.8, 4) is 5.75 Å². The molecule has 3 rings (SSSR count). The van der Waals surface area contributed by atoms with E-state index in [-0.39, 0.29) is 6.10 Å². The van der Waals surface area contributed by atoms with Crippen molar-refractivity contribution in [2.24, 2.45) is 5.92 Å². The Morgan fingerprint density at radius 2 is 2.00 bits per heavy atom. The highest BCUT2D eigenvalue weighted by atomic mass is 16.5. The van der Waals surface area contributed by atoms with Crippen LogP contribution in [0.1, 0.15) is 39.5 Å². The molecular weight excluding hydrogens is 236 g/mol. The van der Waals surface area contributed by atoms with Crippen LogP contribution in [0.3, 0.4) is 0 Å². The summed E-state index contributed by atoms with van der Waals surface area (Å²) >= 11 is 0. The predicted molar refractivity (Wildman–Crippen MR) is 79.7 cm³/mol. The van der Waals surface area contributed by atoms with E-state index in [1.807, 2.05) is 19.9 Å². The maximum absolute atomic E-state index is 6.33. The van der Waals surface area contributed by atoms with Crippen molar-refractivity contribution in [3.05, 3.63) is 18.2 Å². The molecule has 0 aliphatic heterocycles. The van der Waals surface area contributed by atoms with Gasteiger partial charge in [0.2, 0.25) is 0 Å². The van der Waals surface area contributed by atoms with Crippen LogP contribution >= 0.6 is 0 Å². The van der Waals surface area contributed by atoms with Crippen molar-refractivity contribution < 1.29 is 4.74 Å². The Morgan fingerprint density at radius 1 is 1.26 bits per heavy atom. The number of nitrogens with zero attached hydrogens (tertiary/aromatic N) is 1. The van der Waals surface area contributed by atoms with Crippen LogP contribution in [0, 0.1) is 5.92 Å². The third kappa shape index (κ3) is 2.96. The van der Waals surface area contributed by atoms with Crippen molar-refractivity contribution in [2.75, 3.05) is 17.2 Å². The smallest absolute Gasteiger partial charge is 0.144 e. The molecule has 0 unspecified atom stereocenters. The fourth-order valence-corrected chi connectivity index (χ4v) is 2.55. The van der Waals surface area contributed by atoms with E-state index < -0.39 is 0 Å². The van der Waals surface area contributed by atoms with Gasteiger partial charge in [-0.2, -0.15) is 0 Å². The number of benzene rings is 1. The maximum atomic E-state index is 6.33. The fraction of sp³-hybridized carbons (Fsp3) is 0.625. The van der Waals surface area contributed by atoms with Gasteiger partial charge in [0.05, 0.1) is 17.5 Å². The summed E-state index contributed by atoms with van der Waals surface area (Å²) in [5, 5.41) is 0. The maximum Gasteiger partial charge on any atom is 0.144 e. The number of ether oxygens (including phenoxy) is 1. The van der Waals surface area contributed by atoms with E-state index in [4.69, 9.17) is 10.5 Å². The van der Waals surface area contributed by atoms with Crippen molar-refractivity contribution >= 4 is 11.4 Å². The molecule has 2 N–H and O–H groups in total. The highest BCUT2D eigenvalue weighted by Gasteiger charge is 2.34. The minimum absolute atomic E-state index is 0.162. The zero-order chi connectivity index (χ0) is 13.4. The molecule has 0 amide bonds. The number of hydrogen-bond donors (Lipinski definition) is 1. The minimum atomic E-state index is 0.162. The van der Waals surface area contributed by atoms with E-state index in [2.05, 4.69) is 17.0 Å². The summed E-state index contributed by atoms with van der Waals surface area (Å²) in [5.41, 5.74) is 8.31. The Labute approximate surface area is 115 Å². The van der Waals surface area contributed by atoms with Gasteiger partial charge in [-0.15, -0.1) is 0 Å². The van der Waals surface area contributed by atoms with E-state index in [9.17, 15) is 0 Å². The van der Waals surface area contributed by atoms with Crippen molar-refractivity contribution in [1.82, 2.24) is 0 Å². The molecule has 0 radical (unpaired) electrons. The van der Waals surface area contributed by atoms with Gasteiger partial charge in [0.25, 0.3) is 0 Å². The van der Waals surface area contributed by atoms with E-state index in [1.165, 1.54) is 37.9 Å². The highest BCUT2D eigenvalue weighted by Crippen LogP contribution is 2.42. The minimum Gasteiger partial charge on any atom is -0.489 e. The summed E-state index contributed by atoms with van der Waals surface area (Å²) in [4.78, 5) is 2.51. The van der Waals surface area contributed by atoms with Crippen LogP contribution in [-0.2, 0) is 0 Å². The normalized spacial score (nSPS) is 18.7. The van der Waals surface area contributed by atoms with Crippen molar-refractivity contribution in [1.29, 1.82) is 0 Å². The molecule has 3 heteroatoms. The van der Waals surface area contributed by atoms with Gasteiger partial charge in [-0.05, 0) is 57.6 Å². The first-order valence-electron chi connectivity index (χ1n) is 7.47. The lowest BCUT2D eigenvalue weighted by molar-refractivity contribution is 0.244. The number of anilines is 2. The molecule has 104 valence electrons. The number of hydrogen-bond acceptors (Lipinski definition) is 3. The lowest BCUT2D eigenvalue weighted by Gasteiger charge is -2.27. The quantitative estimate of drug-likeness (QED) is 0.796. The Hall–Kier alpha value is -1.38. The van der Waals surface area contributed by atoms with Crippen LogP contribution in [0.15, 0.2) is 18.2 Å². The number of para-hydroxylation sites is 1. The number of rotatable bonds is 6. The van der Waals surface area contributed by atoms with E-state index in [0.29, 0.717) is 6.04 Å². The second-order valence-electron chi connectivity index (χ2n) is 6.18. The predicted octanol–water partition coefficient (Wildman–Crippen LogP) is 3.43. The summed E-state index contributed by atoms with van der Waals surface area (Å²) in [6, 6.07) is 6.88. The van der Waals surface area contributed by atoms with Crippen LogP contribution < -0.4 is 15.4 Å². The lowest BCUT2D eigenvalue weighted by Crippen LogP contribution is -2.29. The largest absolute Gasteiger partial charge is 0.489 e. The molecule has 19 heavy (non-hydrogen) atoms. The Morgan fingerprint density at radius 3 is 2.58 bits per heavy atom. The van der Waals surface area contributed by atoms with Gasteiger partial charge in [-0.25, -0.2) is 0 Å². The number of nitrogen functional groups attached to an aromatic ring is 1. The first-order chi connectivity index (χ1) is 9.15. The third-order valence-corrected chi connectivity index (χ3v) is 3.85. The Bertz CT molecular complexity index is 450. The van der Waals surface area contributed by atoms with Gasteiger partial charge >= 0.3 is 0 Å². The molecule has 2 aliphatic carbocycles. The molecule has 1 aromatic rings. The average molecular weight is 260 g/mol. The third-order valence-electron chi connectivity index (χ3n) is 3.85. The van der Waals surface area contributed by atoms with Gasteiger partial charge in [0.15, 0.2) is 0 Å². The van der Waals surface area contributed by atoms with E-state index in [0.717, 1.165) is 17.4 Å². The molecule has 2 fully saturated rings. The first kappa shape index (κ1) is 12.6. The highest BCUT2D eigenvalue weighted by molar-refractivity contribution is 5.74. The van der Waals surface area contributed by atoms with Gasteiger partial charge < -0.3 is 15.4 Å². The van der Waals surface area contributed by atoms with Gasteiger partial charge in [0, 0.05) is 12.6 Å². The van der Waals surface area contributed by atoms with Crippen molar-refractivity contribution in [3.63, 3.8) is 0 Å². The second kappa shape index (κ2) is 4.95. The van der Waals surface area contributed by atoms with Crippen LogP contribution in [0.2, 0.25) is 0 Å². The molecule has 0 spiro atoms. The first-order valence-corrected chi connectivity index (χ1v) is 7.47. The molecule has 3 nitrogen and oxygen atoms in total. The second-order valence-corrected chi connectivity index (χ2v) is 6.18. The molecule has 0 atom stereocenters. The zero-order valence-electron chi connectivity index (χ0n) is 11.9. The van der Waals surface area contributed by atoms with Crippen LogP contribution in [0.4, 0.5) is 11.4 Å². The average Bonchev–Trinajstić information content (AvgIpc) is 3.23. The summed E-state index contributed by atoms with van der Waals surface area (Å²) < 4.78 is 5.80. The molecule has 1 aromatic carbocycles. The monoisotopic (exact) mass is 260 g/mol. The molecule has 2 saturated carbocycles. The molecule has 2 aliphatic rings. The van der Waals surface area contributed by atoms with Crippen molar-refractivity contribution in [2.45, 2.75) is 51.7 Å². The standard InChI is InChI=1S/C16H24N2O/c1-11(2)19-15-5-3-4-14(16(15)17)18(13-8-9-13)10-12-6-7-12/h3-5,11-13H,6-10,17H2,1-2H3. The summed E-state index contributed by atoms with van der Waals surface area (Å²) in [5.74, 6) is 1.71. The summed E-state index contributed by atoms with van der Waals surface area (Å²) in [7, 11) is 0. The molecule has 0 aromatic heterocycles. The summed E-state index contributed by atoms with van der Waals surface area (Å²) in [6.07, 6.45) is 5.54. The van der Waals surface area contributed by atoms with Crippen LogP contribution in [0.5, 0.6) is 5.75 Å². The lowest BCUT2D eigenvalue weighted by atomic mass is 10.2. The zero-order valence-corrected chi connectivity index (χ0v) is 11.9. The molecular formula is C16H24N2O. The summed E-state index contributed by atoms with van der Waals surface area (Å²) in [6.45, 7) is 5.24.